The number of nitrogens with zero attached hydrogens (tertiary/aromatic N) is 3. The van der Waals surface area contributed by atoms with Crippen molar-refractivity contribution < 1.29 is 0 Å². The molecule has 1 saturated carbocycles. The van der Waals surface area contributed by atoms with E-state index in [4.69, 9.17) is 11.6 Å². The summed E-state index contributed by atoms with van der Waals surface area (Å²) >= 11 is 6.20. The fourth-order valence-electron chi connectivity index (χ4n) is 2.95. The highest BCUT2D eigenvalue weighted by molar-refractivity contribution is 6.35. The maximum absolute atomic E-state index is 12.8. The van der Waals surface area contributed by atoms with Crippen LogP contribution >= 0.6 is 11.6 Å². The Bertz CT molecular complexity index is 717. The van der Waals surface area contributed by atoms with E-state index < -0.39 is 0 Å². The molecule has 21 heavy (non-hydrogen) atoms. The highest BCUT2D eigenvalue weighted by Gasteiger charge is 2.46. The Morgan fingerprint density at radius 1 is 1.33 bits per heavy atom. The Morgan fingerprint density at radius 3 is 2.67 bits per heavy atom. The zero-order valence-electron chi connectivity index (χ0n) is 12.5. The summed E-state index contributed by atoms with van der Waals surface area (Å²) in [5, 5.41) is 1.02. The maximum Gasteiger partial charge on any atom is 0.263 e. The third-order valence-electron chi connectivity index (χ3n) is 4.49. The van der Waals surface area contributed by atoms with Gasteiger partial charge >= 0.3 is 0 Å². The van der Waals surface area contributed by atoms with Crippen molar-refractivity contribution in [2.75, 3.05) is 19.6 Å². The van der Waals surface area contributed by atoms with Crippen LogP contribution in [0, 0.1) is 0 Å². The van der Waals surface area contributed by atoms with Crippen molar-refractivity contribution in [2.45, 2.75) is 32.2 Å². The fraction of sp³-hybridized carbons (Fsp3) is 0.500. The first-order valence-electron chi connectivity index (χ1n) is 7.50. The number of fused-ring (bicyclic) bond motifs is 1. The molecule has 1 aromatic carbocycles. The molecule has 0 aliphatic heterocycles. The second kappa shape index (κ2) is 5.43. The standard InChI is InChI=1S/C16H20ClN3O/c1-3-19(4-2)10-16(8-9-16)20-11-18-13-7-5-6-12(17)14(13)15(20)21/h5-7,11H,3-4,8-10H2,1-2H3. The number of benzene rings is 1. The van der Waals surface area contributed by atoms with E-state index in [1.54, 1.807) is 17.0 Å². The Kier molecular flexibility index (Phi) is 3.76. The summed E-state index contributed by atoms with van der Waals surface area (Å²) in [6, 6.07) is 5.41. The first kappa shape index (κ1) is 14.5. The van der Waals surface area contributed by atoms with Gasteiger partial charge in [-0.1, -0.05) is 31.5 Å². The molecule has 1 aromatic heterocycles. The molecule has 4 nitrogen and oxygen atoms in total. The van der Waals surface area contributed by atoms with E-state index in [0.717, 1.165) is 32.5 Å². The van der Waals surface area contributed by atoms with E-state index in [1.807, 2.05) is 12.1 Å². The fourth-order valence-corrected chi connectivity index (χ4v) is 3.20. The zero-order valence-corrected chi connectivity index (χ0v) is 13.2. The van der Waals surface area contributed by atoms with Gasteiger partial charge in [0.1, 0.15) is 0 Å². The SMILES string of the molecule is CCN(CC)CC1(n2cnc3cccc(Cl)c3c2=O)CC1. The maximum atomic E-state index is 12.8. The van der Waals surface area contributed by atoms with Crippen molar-refractivity contribution in [3.63, 3.8) is 0 Å². The van der Waals surface area contributed by atoms with Gasteiger partial charge in [0.2, 0.25) is 0 Å². The van der Waals surface area contributed by atoms with Crippen molar-refractivity contribution in [3.05, 3.63) is 39.9 Å². The predicted octanol–water partition coefficient (Wildman–Crippen LogP) is 2.88. The Morgan fingerprint density at radius 2 is 2.05 bits per heavy atom. The molecule has 1 aliphatic rings. The lowest BCUT2D eigenvalue weighted by molar-refractivity contribution is 0.236. The monoisotopic (exact) mass is 305 g/mol. The molecule has 0 amide bonds. The van der Waals surface area contributed by atoms with Gasteiger partial charge in [-0.3, -0.25) is 9.36 Å². The average Bonchev–Trinajstić information content (AvgIpc) is 3.26. The average molecular weight is 306 g/mol. The highest BCUT2D eigenvalue weighted by atomic mass is 35.5. The van der Waals surface area contributed by atoms with Crippen LogP contribution in [0.1, 0.15) is 26.7 Å². The minimum Gasteiger partial charge on any atom is -0.302 e. The third kappa shape index (κ3) is 2.47. The number of hydrogen-bond acceptors (Lipinski definition) is 3. The Labute approximate surface area is 129 Å². The van der Waals surface area contributed by atoms with Gasteiger partial charge in [0.05, 0.1) is 27.8 Å². The summed E-state index contributed by atoms with van der Waals surface area (Å²) in [6.45, 7) is 7.19. The van der Waals surface area contributed by atoms with Gasteiger partial charge in [-0.2, -0.15) is 0 Å². The number of rotatable bonds is 5. The summed E-state index contributed by atoms with van der Waals surface area (Å²) < 4.78 is 1.81. The molecule has 1 fully saturated rings. The third-order valence-corrected chi connectivity index (χ3v) is 4.80. The number of halogens is 1. The van der Waals surface area contributed by atoms with E-state index in [0.29, 0.717) is 15.9 Å². The van der Waals surface area contributed by atoms with E-state index in [9.17, 15) is 4.79 Å². The van der Waals surface area contributed by atoms with Crippen molar-refractivity contribution in [1.29, 1.82) is 0 Å². The van der Waals surface area contributed by atoms with Crippen LogP contribution in [-0.2, 0) is 5.54 Å². The summed E-state index contributed by atoms with van der Waals surface area (Å²) in [7, 11) is 0. The lowest BCUT2D eigenvalue weighted by Gasteiger charge is -2.26. The molecule has 1 heterocycles. The normalized spacial score (nSPS) is 16.6. The van der Waals surface area contributed by atoms with Crippen molar-refractivity contribution >= 4 is 22.5 Å². The molecule has 0 saturated heterocycles. The van der Waals surface area contributed by atoms with Crippen LogP contribution in [0.25, 0.3) is 10.9 Å². The summed E-state index contributed by atoms with van der Waals surface area (Å²) in [4.78, 5) is 19.6. The van der Waals surface area contributed by atoms with E-state index >= 15 is 0 Å². The molecule has 5 heteroatoms. The molecule has 0 atom stereocenters. The van der Waals surface area contributed by atoms with Gasteiger partial charge in [0, 0.05) is 6.54 Å². The van der Waals surface area contributed by atoms with Crippen LogP contribution in [-0.4, -0.2) is 34.1 Å². The topological polar surface area (TPSA) is 38.1 Å². The Balaban J connectivity index is 2.07. The molecular weight excluding hydrogens is 286 g/mol. The number of aromatic nitrogens is 2. The van der Waals surface area contributed by atoms with Crippen LogP contribution in [0.15, 0.2) is 29.3 Å². The molecule has 0 bridgehead atoms. The number of hydrogen-bond donors (Lipinski definition) is 0. The number of likely N-dealkylation sites (N-methyl/N-ethyl adjacent to an activating group) is 1. The van der Waals surface area contributed by atoms with Crippen LogP contribution in [0.3, 0.4) is 0 Å². The molecular formula is C16H20ClN3O. The van der Waals surface area contributed by atoms with E-state index in [1.165, 1.54) is 0 Å². The molecule has 112 valence electrons. The van der Waals surface area contributed by atoms with Crippen molar-refractivity contribution in [2.24, 2.45) is 0 Å². The van der Waals surface area contributed by atoms with Gasteiger partial charge in [-0.25, -0.2) is 4.98 Å². The zero-order chi connectivity index (χ0) is 15.0. The van der Waals surface area contributed by atoms with Crippen molar-refractivity contribution in [1.82, 2.24) is 14.5 Å². The van der Waals surface area contributed by atoms with Gasteiger partial charge < -0.3 is 4.90 Å². The smallest absolute Gasteiger partial charge is 0.263 e. The van der Waals surface area contributed by atoms with Gasteiger partial charge in [0.15, 0.2) is 0 Å². The van der Waals surface area contributed by atoms with Crippen LogP contribution in [0.2, 0.25) is 5.02 Å². The molecule has 0 spiro atoms. The minimum absolute atomic E-state index is 0.0183. The lowest BCUT2D eigenvalue weighted by atomic mass is 10.2. The largest absolute Gasteiger partial charge is 0.302 e. The van der Waals surface area contributed by atoms with Crippen LogP contribution < -0.4 is 5.56 Å². The molecule has 0 N–H and O–H groups in total. The first-order valence-corrected chi connectivity index (χ1v) is 7.88. The van der Waals surface area contributed by atoms with Crippen molar-refractivity contribution in [3.8, 4) is 0 Å². The molecule has 1 aliphatic carbocycles. The quantitative estimate of drug-likeness (QED) is 0.852. The molecule has 3 rings (SSSR count). The van der Waals surface area contributed by atoms with Gasteiger partial charge in [0.25, 0.3) is 5.56 Å². The Hall–Kier alpha value is -1.39. The van der Waals surface area contributed by atoms with Gasteiger partial charge in [-0.15, -0.1) is 0 Å². The van der Waals surface area contributed by atoms with E-state index in [2.05, 4.69) is 23.7 Å². The second-order valence-electron chi connectivity index (χ2n) is 5.74. The lowest BCUT2D eigenvalue weighted by Crippen LogP contribution is -2.40. The van der Waals surface area contributed by atoms with Crippen LogP contribution in [0.4, 0.5) is 0 Å². The van der Waals surface area contributed by atoms with Gasteiger partial charge in [-0.05, 0) is 38.1 Å². The molecule has 0 unspecified atom stereocenters. The van der Waals surface area contributed by atoms with E-state index in [-0.39, 0.29) is 11.1 Å². The summed E-state index contributed by atoms with van der Waals surface area (Å²) in [5.41, 5.74) is 0.557. The van der Waals surface area contributed by atoms with Crippen LogP contribution in [0.5, 0.6) is 0 Å². The molecule has 0 radical (unpaired) electrons. The molecule has 2 aromatic rings. The minimum atomic E-state index is -0.0938. The highest BCUT2D eigenvalue weighted by Crippen LogP contribution is 2.43. The second-order valence-corrected chi connectivity index (χ2v) is 6.15. The first-order chi connectivity index (χ1) is 10.1. The summed E-state index contributed by atoms with van der Waals surface area (Å²) in [5.74, 6) is 0. The summed E-state index contributed by atoms with van der Waals surface area (Å²) in [6.07, 6.45) is 3.75. The predicted molar refractivity (Wildman–Crippen MR) is 86.0 cm³/mol.